The van der Waals surface area contributed by atoms with Crippen LogP contribution < -0.4 is 0 Å². The Labute approximate surface area is 119 Å². The molecule has 0 spiro atoms. The maximum absolute atomic E-state index is 11.4. The van der Waals surface area contributed by atoms with Crippen LogP contribution in [0, 0.1) is 0 Å². The van der Waals surface area contributed by atoms with Crippen LogP contribution in [0.4, 0.5) is 0 Å². The van der Waals surface area contributed by atoms with Gasteiger partial charge in [0.05, 0.1) is 12.2 Å². The molecule has 0 bridgehead atoms. The Bertz CT molecular complexity index is 602. The molecule has 0 radical (unpaired) electrons. The molecule has 0 fully saturated rings. The summed E-state index contributed by atoms with van der Waals surface area (Å²) in [6, 6.07) is 13.9. The molecule has 0 amide bonds. The van der Waals surface area contributed by atoms with Crippen LogP contribution in [0.25, 0.3) is 10.8 Å². The number of rotatable bonds is 5. The molecule has 2 aromatic rings. The van der Waals surface area contributed by atoms with E-state index in [0.29, 0.717) is 13.0 Å². The van der Waals surface area contributed by atoms with Gasteiger partial charge in [-0.2, -0.15) is 0 Å². The molecule has 3 nitrogen and oxygen atoms in total. The molecule has 0 saturated heterocycles. The van der Waals surface area contributed by atoms with Crippen molar-refractivity contribution in [3.8, 4) is 0 Å². The van der Waals surface area contributed by atoms with Crippen LogP contribution in [-0.4, -0.2) is 17.7 Å². The topological polar surface area (TPSA) is 46.5 Å². The third kappa shape index (κ3) is 3.36. The zero-order valence-electron chi connectivity index (χ0n) is 11.9. The largest absolute Gasteiger partial charge is 0.466 e. The highest BCUT2D eigenvalue weighted by Crippen LogP contribution is 2.28. The molecule has 0 aromatic heterocycles. The second kappa shape index (κ2) is 6.06. The lowest BCUT2D eigenvalue weighted by molar-refractivity contribution is -0.144. The highest BCUT2D eigenvalue weighted by Gasteiger charge is 2.24. The number of aliphatic hydroxyl groups is 1. The van der Waals surface area contributed by atoms with Gasteiger partial charge in [0.2, 0.25) is 0 Å². The van der Waals surface area contributed by atoms with Gasteiger partial charge in [0.15, 0.2) is 0 Å². The predicted octanol–water partition coefficient (Wildman–Crippen LogP) is 3.39. The number of hydrogen-bond donors (Lipinski definition) is 1. The SMILES string of the molecule is CCOC(=O)CCC(C)(O)c1ccc2ccccc2c1. The van der Waals surface area contributed by atoms with E-state index in [0.717, 1.165) is 16.3 Å². The van der Waals surface area contributed by atoms with Crippen LogP contribution >= 0.6 is 0 Å². The van der Waals surface area contributed by atoms with Crippen molar-refractivity contribution in [1.29, 1.82) is 0 Å². The van der Waals surface area contributed by atoms with E-state index in [1.807, 2.05) is 42.5 Å². The molecular formula is C17H20O3. The highest BCUT2D eigenvalue weighted by molar-refractivity contribution is 5.83. The quantitative estimate of drug-likeness (QED) is 0.849. The molecule has 106 valence electrons. The van der Waals surface area contributed by atoms with Crippen molar-refractivity contribution in [2.45, 2.75) is 32.3 Å². The van der Waals surface area contributed by atoms with Crippen LogP contribution in [0.2, 0.25) is 0 Å². The van der Waals surface area contributed by atoms with Crippen molar-refractivity contribution >= 4 is 16.7 Å². The fraction of sp³-hybridized carbons (Fsp3) is 0.353. The maximum Gasteiger partial charge on any atom is 0.305 e. The predicted molar refractivity (Wildman–Crippen MR) is 79.4 cm³/mol. The first kappa shape index (κ1) is 14.5. The number of carbonyl (C=O) groups is 1. The first-order valence-corrected chi connectivity index (χ1v) is 6.90. The molecule has 0 aliphatic rings. The Hall–Kier alpha value is -1.87. The van der Waals surface area contributed by atoms with Gasteiger partial charge in [0, 0.05) is 6.42 Å². The van der Waals surface area contributed by atoms with E-state index in [1.54, 1.807) is 13.8 Å². The Morgan fingerprint density at radius 2 is 1.90 bits per heavy atom. The molecule has 2 rings (SSSR count). The lowest BCUT2D eigenvalue weighted by atomic mass is 9.89. The molecule has 2 aromatic carbocycles. The Kier molecular flexibility index (Phi) is 4.40. The minimum absolute atomic E-state index is 0.216. The summed E-state index contributed by atoms with van der Waals surface area (Å²) in [5.74, 6) is -0.270. The maximum atomic E-state index is 11.4. The summed E-state index contributed by atoms with van der Waals surface area (Å²) in [6.45, 7) is 3.88. The molecule has 0 aliphatic heterocycles. The Morgan fingerprint density at radius 3 is 2.60 bits per heavy atom. The Morgan fingerprint density at radius 1 is 1.20 bits per heavy atom. The average molecular weight is 272 g/mol. The monoisotopic (exact) mass is 272 g/mol. The van der Waals surface area contributed by atoms with Gasteiger partial charge < -0.3 is 9.84 Å². The van der Waals surface area contributed by atoms with Gasteiger partial charge in [0.25, 0.3) is 0 Å². The molecule has 0 saturated carbocycles. The van der Waals surface area contributed by atoms with Crippen LogP contribution in [0.5, 0.6) is 0 Å². The van der Waals surface area contributed by atoms with Gasteiger partial charge >= 0.3 is 5.97 Å². The van der Waals surface area contributed by atoms with Crippen LogP contribution in [0.1, 0.15) is 32.3 Å². The van der Waals surface area contributed by atoms with Crippen molar-refractivity contribution in [2.75, 3.05) is 6.61 Å². The minimum atomic E-state index is -1.03. The van der Waals surface area contributed by atoms with Gasteiger partial charge in [-0.25, -0.2) is 0 Å². The standard InChI is InChI=1S/C17H20O3/c1-3-20-16(18)10-11-17(2,19)15-9-8-13-6-4-5-7-14(13)12-15/h4-9,12,19H,3,10-11H2,1-2H3. The molecule has 1 unspecified atom stereocenters. The third-order valence-corrected chi connectivity index (χ3v) is 3.49. The fourth-order valence-electron chi connectivity index (χ4n) is 2.25. The number of hydrogen-bond acceptors (Lipinski definition) is 3. The van der Waals surface area contributed by atoms with E-state index >= 15 is 0 Å². The van der Waals surface area contributed by atoms with E-state index in [9.17, 15) is 9.90 Å². The van der Waals surface area contributed by atoms with E-state index in [2.05, 4.69) is 0 Å². The normalized spacial score (nSPS) is 13.9. The second-order valence-electron chi connectivity index (χ2n) is 5.14. The van der Waals surface area contributed by atoms with Gasteiger partial charge in [0.1, 0.15) is 0 Å². The number of fused-ring (bicyclic) bond motifs is 1. The zero-order valence-corrected chi connectivity index (χ0v) is 11.9. The van der Waals surface area contributed by atoms with E-state index in [4.69, 9.17) is 4.74 Å². The molecular weight excluding hydrogens is 252 g/mol. The third-order valence-electron chi connectivity index (χ3n) is 3.49. The Balaban J connectivity index is 2.16. The van der Waals surface area contributed by atoms with Gasteiger partial charge in [-0.3, -0.25) is 4.79 Å². The molecule has 20 heavy (non-hydrogen) atoms. The summed E-state index contributed by atoms with van der Waals surface area (Å²) in [4.78, 5) is 11.4. The summed E-state index contributed by atoms with van der Waals surface area (Å²) in [5, 5.41) is 12.8. The number of carbonyl (C=O) groups excluding carboxylic acids is 1. The van der Waals surface area contributed by atoms with Crippen LogP contribution in [-0.2, 0) is 15.1 Å². The highest BCUT2D eigenvalue weighted by atomic mass is 16.5. The smallest absolute Gasteiger partial charge is 0.305 e. The summed E-state index contributed by atoms with van der Waals surface area (Å²) < 4.78 is 4.89. The van der Waals surface area contributed by atoms with E-state index in [1.165, 1.54) is 0 Å². The summed E-state index contributed by atoms with van der Waals surface area (Å²) >= 11 is 0. The lowest BCUT2D eigenvalue weighted by Gasteiger charge is -2.24. The zero-order chi connectivity index (χ0) is 14.6. The van der Waals surface area contributed by atoms with E-state index < -0.39 is 5.60 Å². The van der Waals surface area contributed by atoms with Gasteiger partial charge in [-0.1, -0.05) is 36.4 Å². The van der Waals surface area contributed by atoms with Crippen molar-refractivity contribution in [3.63, 3.8) is 0 Å². The number of benzene rings is 2. The first-order chi connectivity index (χ1) is 9.53. The van der Waals surface area contributed by atoms with Gasteiger partial charge in [-0.05, 0) is 42.7 Å². The fourth-order valence-corrected chi connectivity index (χ4v) is 2.25. The van der Waals surface area contributed by atoms with Crippen molar-refractivity contribution < 1.29 is 14.6 Å². The average Bonchev–Trinajstić information content (AvgIpc) is 2.45. The van der Waals surface area contributed by atoms with Crippen LogP contribution in [0.3, 0.4) is 0 Å². The summed E-state index contributed by atoms with van der Waals surface area (Å²) in [7, 11) is 0. The van der Waals surface area contributed by atoms with E-state index in [-0.39, 0.29) is 12.4 Å². The second-order valence-corrected chi connectivity index (χ2v) is 5.14. The molecule has 0 aliphatic carbocycles. The number of ether oxygens (including phenoxy) is 1. The van der Waals surface area contributed by atoms with Crippen molar-refractivity contribution in [3.05, 3.63) is 48.0 Å². The molecule has 1 atom stereocenters. The van der Waals surface area contributed by atoms with Crippen LogP contribution in [0.15, 0.2) is 42.5 Å². The van der Waals surface area contributed by atoms with Crippen molar-refractivity contribution in [2.24, 2.45) is 0 Å². The summed E-state index contributed by atoms with van der Waals surface area (Å²) in [6.07, 6.45) is 0.567. The number of esters is 1. The first-order valence-electron chi connectivity index (χ1n) is 6.90. The molecule has 3 heteroatoms. The minimum Gasteiger partial charge on any atom is -0.466 e. The van der Waals surface area contributed by atoms with Crippen molar-refractivity contribution in [1.82, 2.24) is 0 Å². The molecule has 1 N–H and O–H groups in total. The molecule has 0 heterocycles. The summed E-state index contributed by atoms with van der Waals surface area (Å²) in [5.41, 5.74) is -0.211. The lowest BCUT2D eigenvalue weighted by Crippen LogP contribution is -2.22. The van der Waals surface area contributed by atoms with Gasteiger partial charge in [-0.15, -0.1) is 0 Å².